The van der Waals surface area contributed by atoms with E-state index in [9.17, 15) is 0 Å². The zero-order valence-electron chi connectivity index (χ0n) is 21.0. The molecule has 0 fully saturated rings. The summed E-state index contributed by atoms with van der Waals surface area (Å²) in [6.45, 7) is 17.5. The van der Waals surface area contributed by atoms with Gasteiger partial charge in [-0.25, -0.2) is 0 Å². The summed E-state index contributed by atoms with van der Waals surface area (Å²) >= 11 is 0. The predicted molar refractivity (Wildman–Crippen MR) is 133 cm³/mol. The lowest BCUT2D eigenvalue weighted by atomic mass is 9.78. The number of ether oxygens (including phenoxy) is 2. The lowest BCUT2D eigenvalue weighted by molar-refractivity contribution is 0.269. The zero-order chi connectivity index (χ0) is 22.9. The van der Waals surface area contributed by atoms with E-state index < -0.39 is 0 Å². The minimum Gasteiger partial charge on any atom is -0.494 e. The lowest BCUT2D eigenvalue weighted by Crippen LogP contribution is -2.18. The molecule has 0 aliphatic heterocycles. The highest BCUT2D eigenvalue weighted by Gasteiger charge is 2.23. The summed E-state index contributed by atoms with van der Waals surface area (Å²) in [5, 5.41) is 0. The van der Waals surface area contributed by atoms with Crippen LogP contribution in [0.4, 0.5) is 0 Å². The molecular weight excluding hydrogens is 380 g/mol. The van der Waals surface area contributed by atoms with Crippen molar-refractivity contribution < 1.29 is 9.47 Å². The van der Waals surface area contributed by atoms with E-state index in [-0.39, 0.29) is 5.41 Å². The van der Waals surface area contributed by atoms with E-state index in [4.69, 9.17) is 9.47 Å². The molecule has 0 radical (unpaired) electrons. The fourth-order valence-corrected chi connectivity index (χ4v) is 3.72. The summed E-state index contributed by atoms with van der Waals surface area (Å²) in [7, 11) is 0. The molecule has 0 aliphatic carbocycles. The standard InChI is InChI=1S/C29H44O2/c1-8-23(2)11-9-21-30-26-16-12-24(13-17-26)29(6,7)25-14-18-27(19-15-25)31-22-10-20-28(3,4)5/h12-19,23H,8-11,20-22H2,1-7H3. The van der Waals surface area contributed by atoms with E-state index in [1.54, 1.807) is 0 Å². The Balaban J connectivity index is 1.89. The van der Waals surface area contributed by atoms with Crippen LogP contribution in [0.5, 0.6) is 11.5 Å². The molecule has 0 spiro atoms. The molecule has 0 aliphatic rings. The van der Waals surface area contributed by atoms with Crippen molar-refractivity contribution in [3.05, 3.63) is 59.7 Å². The molecule has 0 saturated heterocycles. The molecule has 2 heteroatoms. The van der Waals surface area contributed by atoms with Crippen LogP contribution in [0, 0.1) is 11.3 Å². The van der Waals surface area contributed by atoms with E-state index in [2.05, 4.69) is 97.0 Å². The Bertz CT molecular complexity index is 751. The molecule has 0 bridgehead atoms. The van der Waals surface area contributed by atoms with Crippen molar-refractivity contribution in [3.8, 4) is 11.5 Å². The van der Waals surface area contributed by atoms with Gasteiger partial charge in [0.15, 0.2) is 0 Å². The van der Waals surface area contributed by atoms with Crippen molar-refractivity contribution >= 4 is 0 Å². The maximum Gasteiger partial charge on any atom is 0.119 e. The lowest BCUT2D eigenvalue weighted by Gasteiger charge is -2.26. The molecule has 0 amide bonds. The Labute approximate surface area is 191 Å². The van der Waals surface area contributed by atoms with Crippen LogP contribution in [0.3, 0.4) is 0 Å². The minimum atomic E-state index is -0.0696. The van der Waals surface area contributed by atoms with Crippen molar-refractivity contribution in [2.45, 2.75) is 86.0 Å². The summed E-state index contributed by atoms with van der Waals surface area (Å²) in [5.41, 5.74) is 2.88. The minimum absolute atomic E-state index is 0.0696. The highest BCUT2D eigenvalue weighted by Crippen LogP contribution is 2.33. The van der Waals surface area contributed by atoms with Gasteiger partial charge in [-0.2, -0.15) is 0 Å². The first-order valence-corrected chi connectivity index (χ1v) is 12.1. The van der Waals surface area contributed by atoms with Gasteiger partial charge in [-0.05, 0) is 72.4 Å². The SMILES string of the molecule is CCC(C)CCCOc1ccc(C(C)(C)c2ccc(OCCCC(C)(C)C)cc2)cc1. The average molecular weight is 425 g/mol. The molecule has 2 aromatic carbocycles. The third-order valence-electron chi connectivity index (χ3n) is 6.30. The van der Waals surface area contributed by atoms with Gasteiger partial charge < -0.3 is 9.47 Å². The largest absolute Gasteiger partial charge is 0.494 e. The van der Waals surface area contributed by atoms with E-state index >= 15 is 0 Å². The number of hydrogen-bond acceptors (Lipinski definition) is 2. The van der Waals surface area contributed by atoms with Crippen LogP contribution in [-0.2, 0) is 5.41 Å². The summed E-state index contributed by atoms with van der Waals surface area (Å²) < 4.78 is 11.9. The van der Waals surface area contributed by atoms with Crippen LogP contribution in [0.25, 0.3) is 0 Å². The Morgan fingerprint density at radius 3 is 1.58 bits per heavy atom. The van der Waals surface area contributed by atoms with Crippen LogP contribution in [0.2, 0.25) is 0 Å². The van der Waals surface area contributed by atoms with Crippen molar-refractivity contribution in [3.63, 3.8) is 0 Å². The molecule has 2 rings (SSSR count). The Kier molecular flexibility index (Phi) is 9.47. The Hall–Kier alpha value is -1.96. The monoisotopic (exact) mass is 424 g/mol. The molecule has 0 heterocycles. The van der Waals surface area contributed by atoms with Crippen LogP contribution in [-0.4, -0.2) is 13.2 Å². The van der Waals surface area contributed by atoms with E-state index in [1.807, 2.05) is 0 Å². The summed E-state index contributed by atoms with van der Waals surface area (Å²) in [4.78, 5) is 0. The first-order chi connectivity index (χ1) is 14.6. The van der Waals surface area contributed by atoms with Gasteiger partial charge in [0.1, 0.15) is 11.5 Å². The molecule has 0 aromatic heterocycles. The summed E-state index contributed by atoms with van der Waals surface area (Å²) in [6.07, 6.45) is 5.86. The third-order valence-corrected chi connectivity index (χ3v) is 6.30. The Morgan fingerprint density at radius 1 is 0.710 bits per heavy atom. The second-order valence-electron chi connectivity index (χ2n) is 10.7. The molecule has 0 N–H and O–H groups in total. The van der Waals surface area contributed by atoms with Crippen molar-refractivity contribution in [1.82, 2.24) is 0 Å². The molecule has 31 heavy (non-hydrogen) atoms. The van der Waals surface area contributed by atoms with Gasteiger partial charge in [-0.1, -0.05) is 79.2 Å². The van der Waals surface area contributed by atoms with Crippen LogP contribution < -0.4 is 9.47 Å². The second kappa shape index (κ2) is 11.6. The van der Waals surface area contributed by atoms with Gasteiger partial charge in [0.05, 0.1) is 13.2 Å². The highest BCUT2D eigenvalue weighted by molar-refractivity contribution is 5.41. The molecule has 2 aromatic rings. The zero-order valence-corrected chi connectivity index (χ0v) is 21.0. The normalized spacial score (nSPS) is 13.1. The van der Waals surface area contributed by atoms with E-state index in [0.717, 1.165) is 43.5 Å². The van der Waals surface area contributed by atoms with Gasteiger partial charge in [0, 0.05) is 5.41 Å². The summed E-state index contributed by atoms with van der Waals surface area (Å²) in [5.74, 6) is 2.70. The predicted octanol–water partition coefficient (Wildman–Crippen LogP) is 8.42. The highest BCUT2D eigenvalue weighted by atomic mass is 16.5. The van der Waals surface area contributed by atoms with Crippen molar-refractivity contribution in [2.75, 3.05) is 13.2 Å². The first-order valence-electron chi connectivity index (χ1n) is 12.1. The van der Waals surface area contributed by atoms with Gasteiger partial charge in [-0.3, -0.25) is 0 Å². The molecule has 2 nitrogen and oxygen atoms in total. The van der Waals surface area contributed by atoms with E-state index in [1.165, 1.54) is 30.4 Å². The second-order valence-corrected chi connectivity index (χ2v) is 10.7. The van der Waals surface area contributed by atoms with Crippen LogP contribution >= 0.6 is 0 Å². The first kappa shape index (κ1) is 25.3. The molecule has 1 atom stereocenters. The van der Waals surface area contributed by atoms with Gasteiger partial charge >= 0.3 is 0 Å². The molecular formula is C29H44O2. The van der Waals surface area contributed by atoms with Crippen molar-refractivity contribution in [2.24, 2.45) is 11.3 Å². The summed E-state index contributed by atoms with van der Waals surface area (Å²) in [6, 6.07) is 17.2. The number of benzene rings is 2. The topological polar surface area (TPSA) is 18.5 Å². The maximum atomic E-state index is 5.94. The quantitative estimate of drug-likeness (QED) is 0.318. The fourth-order valence-electron chi connectivity index (χ4n) is 3.72. The van der Waals surface area contributed by atoms with Crippen molar-refractivity contribution in [1.29, 1.82) is 0 Å². The smallest absolute Gasteiger partial charge is 0.119 e. The third kappa shape index (κ3) is 8.59. The van der Waals surface area contributed by atoms with Gasteiger partial charge in [-0.15, -0.1) is 0 Å². The van der Waals surface area contributed by atoms with Gasteiger partial charge in [0.25, 0.3) is 0 Å². The average Bonchev–Trinajstić information content (AvgIpc) is 2.74. The van der Waals surface area contributed by atoms with E-state index in [0.29, 0.717) is 5.41 Å². The molecule has 1 unspecified atom stereocenters. The fraction of sp³-hybridized carbons (Fsp3) is 0.586. The van der Waals surface area contributed by atoms with Crippen LogP contribution in [0.1, 0.15) is 91.7 Å². The van der Waals surface area contributed by atoms with Gasteiger partial charge in [0.2, 0.25) is 0 Å². The van der Waals surface area contributed by atoms with Crippen LogP contribution in [0.15, 0.2) is 48.5 Å². The Morgan fingerprint density at radius 2 is 1.16 bits per heavy atom. The number of hydrogen-bond donors (Lipinski definition) is 0. The molecule has 172 valence electrons. The molecule has 0 saturated carbocycles. The maximum absolute atomic E-state index is 5.94. The number of rotatable bonds is 12.